The van der Waals surface area contributed by atoms with Crippen molar-refractivity contribution >= 4 is 22.9 Å². The van der Waals surface area contributed by atoms with Gasteiger partial charge in [-0.15, -0.1) is 0 Å². The van der Waals surface area contributed by atoms with Crippen LogP contribution in [0.1, 0.15) is 30.9 Å². The number of hydrogen-bond donors (Lipinski definition) is 1. The van der Waals surface area contributed by atoms with E-state index in [9.17, 15) is 0 Å². The van der Waals surface area contributed by atoms with Gasteiger partial charge in [-0.05, 0) is 25.0 Å². The molecule has 3 heteroatoms. The van der Waals surface area contributed by atoms with Gasteiger partial charge in [0.25, 0.3) is 0 Å². The van der Waals surface area contributed by atoms with Gasteiger partial charge in [0.2, 0.25) is 0 Å². The molecule has 0 aromatic heterocycles. The Bertz CT molecular complexity index is 374. The summed E-state index contributed by atoms with van der Waals surface area (Å²) in [6.45, 7) is 5.33. The second-order valence-electron chi connectivity index (χ2n) is 4.11. The molecular formula is C13H20N2S. The van der Waals surface area contributed by atoms with E-state index in [0.29, 0.717) is 4.99 Å². The molecule has 0 unspecified atom stereocenters. The molecule has 0 saturated heterocycles. The molecule has 16 heavy (non-hydrogen) atoms. The first kappa shape index (κ1) is 13.0. The molecule has 1 rings (SSSR count). The first-order valence-electron chi connectivity index (χ1n) is 5.68. The summed E-state index contributed by atoms with van der Waals surface area (Å²) in [5, 5.41) is 0. The van der Waals surface area contributed by atoms with Crippen LogP contribution in [0.3, 0.4) is 0 Å². The number of nitrogens with zero attached hydrogens (tertiary/aromatic N) is 1. The molecule has 0 amide bonds. The van der Waals surface area contributed by atoms with E-state index in [1.54, 1.807) is 0 Å². The maximum atomic E-state index is 5.75. The lowest BCUT2D eigenvalue weighted by Gasteiger charge is -2.24. The van der Waals surface area contributed by atoms with E-state index in [4.69, 9.17) is 18.0 Å². The summed E-state index contributed by atoms with van der Waals surface area (Å²) in [4.78, 5) is 2.72. The zero-order valence-electron chi connectivity index (χ0n) is 10.3. The van der Waals surface area contributed by atoms with E-state index in [1.165, 1.54) is 24.1 Å². The minimum atomic E-state index is 0.474. The number of thiocarbonyl (C=S) groups is 1. The van der Waals surface area contributed by atoms with Crippen molar-refractivity contribution in [2.24, 2.45) is 5.73 Å². The number of rotatable bonds is 5. The highest BCUT2D eigenvalue weighted by Gasteiger charge is 2.11. The lowest BCUT2D eigenvalue weighted by molar-refractivity contribution is 0.765. The van der Waals surface area contributed by atoms with Crippen molar-refractivity contribution in [3.8, 4) is 0 Å². The number of anilines is 1. The Labute approximate surface area is 103 Å². The second kappa shape index (κ2) is 5.85. The number of unbranched alkanes of at least 4 members (excludes halogenated alkanes) is 1. The molecule has 1 aromatic rings. The molecule has 1 aromatic carbocycles. The molecular weight excluding hydrogens is 216 g/mol. The van der Waals surface area contributed by atoms with Gasteiger partial charge in [0.1, 0.15) is 4.99 Å². The van der Waals surface area contributed by atoms with E-state index >= 15 is 0 Å². The fraction of sp³-hybridized carbons (Fsp3) is 0.462. The summed E-state index contributed by atoms with van der Waals surface area (Å²) in [5.74, 6) is 0. The van der Waals surface area contributed by atoms with Gasteiger partial charge in [-0.3, -0.25) is 0 Å². The standard InChI is InChI=1S/C13H20N2S/c1-4-5-9-15(3)12-10(2)7-6-8-11(12)13(14)16/h6-8H,4-5,9H2,1-3H3,(H2,14,16). The highest BCUT2D eigenvalue weighted by atomic mass is 32.1. The van der Waals surface area contributed by atoms with Crippen LogP contribution in [0.25, 0.3) is 0 Å². The number of aryl methyl sites for hydroxylation is 1. The Balaban J connectivity index is 3.04. The summed E-state index contributed by atoms with van der Waals surface area (Å²) in [7, 11) is 2.10. The maximum Gasteiger partial charge on any atom is 0.106 e. The summed E-state index contributed by atoms with van der Waals surface area (Å²) in [5.41, 5.74) is 9.13. The fourth-order valence-electron chi connectivity index (χ4n) is 1.87. The maximum absolute atomic E-state index is 5.75. The van der Waals surface area contributed by atoms with E-state index in [-0.39, 0.29) is 0 Å². The predicted molar refractivity (Wildman–Crippen MR) is 75.2 cm³/mol. The van der Waals surface area contributed by atoms with E-state index < -0.39 is 0 Å². The first-order valence-corrected chi connectivity index (χ1v) is 6.09. The molecule has 0 radical (unpaired) electrons. The Morgan fingerprint density at radius 2 is 2.12 bits per heavy atom. The Kier molecular flexibility index (Phi) is 4.74. The summed E-state index contributed by atoms with van der Waals surface area (Å²) < 4.78 is 0. The summed E-state index contributed by atoms with van der Waals surface area (Å²) >= 11 is 5.09. The van der Waals surface area contributed by atoms with Crippen molar-refractivity contribution in [3.63, 3.8) is 0 Å². The van der Waals surface area contributed by atoms with Gasteiger partial charge in [-0.1, -0.05) is 37.7 Å². The van der Waals surface area contributed by atoms with Gasteiger partial charge in [-0.25, -0.2) is 0 Å². The molecule has 0 spiro atoms. The topological polar surface area (TPSA) is 29.3 Å². The van der Waals surface area contributed by atoms with E-state index in [0.717, 1.165) is 12.1 Å². The minimum Gasteiger partial charge on any atom is -0.389 e. The lowest BCUT2D eigenvalue weighted by Crippen LogP contribution is -2.23. The van der Waals surface area contributed by atoms with Crippen LogP contribution >= 0.6 is 12.2 Å². The van der Waals surface area contributed by atoms with Crippen LogP contribution in [0, 0.1) is 6.92 Å². The highest BCUT2D eigenvalue weighted by molar-refractivity contribution is 7.80. The molecule has 2 nitrogen and oxygen atoms in total. The number of benzene rings is 1. The van der Waals surface area contributed by atoms with Crippen LogP contribution in [0.5, 0.6) is 0 Å². The second-order valence-corrected chi connectivity index (χ2v) is 4.55. The van der Waals surface area contributed by atoms with Gasteiger partial charge < -0.3 is 10.6 Å². The van der Waals surface area contributed by atoms with Crippen LogP contribution in [0.15, 0.2) is 18.2 Å². The van der Waals surface area contributed by atoms with Gasteiger partial charge in [0.05, 0.1) is 0 Å². The molecule has 0 aliphatic rings. The van der Waals surface area contributed by atoms with Crippen LogP contribution in [0.4, 0.5) is 5.69 Å². The van der Waals surface area contributed by atoms with E-state index in [1.807, 2.05) is 12.1 Å². The van der Waals surface area contributed by atoms with E-state index in [2.05, 4.69) is 31.9 Å². The monoisotopic (exact) mass is 236 g/mol. The van der Waals surface area contributed by atoms with Crippen LogP contribution < -0.4 is 10.6 Å². The predicted octanol–water partition coefficient (Wildman–Crippen LogP) is 2.87. The molecule has 0 fully saturated rings. The fourth-order valence-corrected chi connectivity index (χ4v) is 2.04. The van der Waals surface area contributed by atoms with Crippen LogP contribution in [0.2, 0.25) is 0 Å². The van der Waals surface area contributed by atoms with Crippen molar-refractivity contribution < 1.29 is 0 Å². The molecule has 0 atom stereocenters. The molecule has 2 N–H and O–H groups in total. The molecule has 0 aliphatic heterocycles. The molecule has 0 saturated carbocycles. The molecule has 88 valence electrons. The third kappa shape index (κ3) is 2.95. The van der Waals surface area contributed by atoms with Crippen molar-refractivity contribution in [1.29, 1.82) is 0 Å². The van der Waals surface area contributed by atoms with Crippen molar-refractivity contribution in [2.75, 3.05) is 18.5 Å². The zero-order valence-corrected chi connectivity index (χ0v) is 11.1. The first-order chi connectivity index (χ1) is 7.57. The van der Waals surface area contributed by atoms with Gasteiger partial charge in [0, 0.05) is 24.8 Å². The smallest absolute Gasteiger partial charge is 0.106 e. The Morgan fingerprint density at radius 1 is 1.44 bits per heavy atom. The highest BCUT2D eigenvalue weighted by Crippen LogP contribution is 2.24. The third-order valence-electron chi connectivity index (χ3n) is 2.73. The Hall–Kier alpha value is -1.09. The third-order valence-corrected chi connectivity index (χ3v) is 2.95. The quantitative estimate of drug-likeness (QED) is 0.797. The largest absolute Gasteiger partial charge is 0.389 e. The molecule has 0 bridgehead atoms. The van der Waals surface area contributed by atoms with Crippen molar-refractivity contribution in [2.45, 2.75) is 26.7 Å². The number of hydrogen-bond acceptors (Lipinski definition) is 2. The number of nitrogens with two attached hydrogens (primary N) is 1. The van der Waals surface area contributed by atoms with Crippen LogP contribution in [-0.2, 0) is 0 Å². The van der Waals surface area contributed by atoms with Gasteiger partial charge in [0.15, 0.2) is 0 Å². The Morgan fingerprint density at radius 3 is 2.69 bits per heavy atom. The molecule has 0 aliphatic carbocycles. The average Bonchev–Trinajstić information content (AvgIpc) is 2.25. The SMILES string of the molecule is CCCCN(C)c1c(C)cccc1C(N)=S. The lowest BCUT2D eigenvalue weighted by atomic mass is 10.1. The summed E-state index contributed by atoms with van der Waals surface area (Å²) in [6.07, 6.45) is 2.38. The average molecular weight is 236 g/mol. The van der Waals surface area contributed by atoms with Crippen molar-refractivity contribution in [1.82, 2.24) is 0 Å². The van der Waals surface area contributed by atoms with Crippen molar-refractivity contribution in [3.05, 3.63) is 29.3 Å². The summed E-state index contributed by atoms with van der Waals surface area (Å²) in [6, 6.07) is 6.09. The van der Waals surface area contributed by atoms with Crippen LogP contribution in [-0.4, -0.2) is 18.6 Å². The zero-order chi connectivity index (χ0) is 12.1. The number of para-hydroxylation sites is 1. The van der Waals surface area contributed by atoms with Gasteiger partial charge in [-0.2, -0.15) is 0 Å². The van der Waals surface area contributed by atoms with Gasteiger partial charge >= 0.3 is 0 Å². The minimum absolute atomic E-state index is 0.474. The normalized spacial score (nSPS) is 10.2. The molecule has 0 heterocycles.